The summed E-state index contributed by atoms with van der Waals surface area (Å²) in [5, 5.41) is 15.6. The fraction of sp³-hybridized carbons (Fsp3) is 0.846. The molecule has 0 radical (unpaired) electrons. The largest absolute Gasteiger partial charge is 0.390 e. The van der Waals surface area contributed by atoms with Crippen LogP contribution in [0.2, 0.25) is 5.02 Å². The highest BCUT2D eigenvalue weighted by atomic mass is 35.5. The van der Waals surface area contributed by atoms with E-state index in [1.807, 2.05) is 14.0 Å². The molecule has 178 valence electrons. The molecule has 4 saturated carbocycles. The van der Waals surface area contributed by atoms with Gasteiger partial charge in [0.2, 0.25) is 0 Å². The fourth-order valence-electron chi connectivity index (χ4n) is 9.01. The average molecular weight is 463 g/mol. The van der Waals surface area contributed by atoms with Crippen LogP contribution in [-0.4, -0.2) is 40.0 Å². The molecule has 4 fully saturated rings. The molecule has 1 N–H and O–H groups in total. The molecule has 0 saturated heterocycles. The average Bonchev–Trinajstić information content (AvgIpc) is 3.30. The van der Waals surface area contributed by atoms with E-state index in [0.29, 0.717) is 41.0 Å². The van der Waals surface area contributed by atoms with E-state index >= 15 is 0 Å². The molecule has 0 amide bonds. The van der Waals surface area contributed by atoms with Crippen molar-refractivity contribution in [2.75, 3.05) is 13.7 Å². The topological polar surface area (TPSA) is 64.3 Å². The van der Waals surface area contributed by atoms with E-state index in [0.717, 1.165) is 38.7 Å². The van der Waals surface area contributed by atoms with Crippen molar-refractivity contribution in [2.45, 2.75) is 83.8 Å². The van der Waals surface area contributed by atoms with Crippen LogP contribution < -0.4 is 0 Å². The molecule has 5 nitrogen and oxygen atoms in total. The van der Waals surface area contributed by atoms with Gasteiger partial charge in [-0.15, -0.1) is 0 Å². The lowest BCUT2D eigenvalue weighted by molar-refractivity contribution is -0.175. The minimum atomic E-state index is -0.530. The fourth-order valence-corrected chi connectivity index (χ4v) is 9.16. The molecule has 5 rings (SSSR count). The van der Waals surface area contributed by atoms with Crippen LogP contribution in [0.4, 0.5) is 0 Å². The molecular formula is C26H39ClN2O3. The summed E-state index contributed by atoms with van der Waals surface area (Å²) in [6.45, 7) is 5.58. The molecule has 1 aromatic rings. The molecule has 1 aromatic heterocycles. The van der Waals surface area contributed by atoms with E-state index in [-0.39, 0.29) is 16.7 Å². The number of carbonyl (C=O) groups excluding carboxylic acids is 1. The molecule has 32 heavy (non-hydrogen) atoms. The summed E-state index contributed by atoms with van der Waals surface area (Å²) in [4.78, 5) is 13.4. The van der Waals surface area contributed by atoms with Crippen LogP contribution in [0, 0.1) is 40.4 Å². The van der Waals surface area contributed by atoms with Gasteiger partial charge in [-0.3, -0.25) is 9.48 Å². The van der Waals surface area contributed by atoms with E-state index in [4.69, 9.17) is 16.3 Å². The summed E-state index contributed by atoms with van der Waals surface area (Å²) < 4.78 is 7.56. The van der Waals surface area contributed by atoms with Gasteiger partial charge in [0.25, 0.3) is 0 Å². The first kappa shape index (κ1) is 22.9. The number of rotatable bonds is 5. The molecule has 4 aliphatic carbocycles. The Morgan fingerprint density at radius 2 is 2.00 bits per heavy atom. The molecule has 8 atom stereocenters. The first-order valence-corrected chi connectivity index (χ1v) is 13.0. The molecule has 6 heteroatoms. The SMILES string of the molecule is COCC12CCC(C)(O)CC1CCC1C3CCC(C(=O)Cn4cc(Cl)cn4)C3(C)CCC12. The summed E-state index contributed by atoms with van der Waals surface area (Å²) in [5.74, 6) is 2.96. The smallest absolute Gasteiger partial charge is 0.157 e. The molecule has 8 unspecified atom stereocenters. The Bertz CT molecular complexity index is 869. The Morgan fingerprint density at radius 3 is 2.72 bits per heavy atom. The number of halogens is 1. The summed E-state index contributed by atoms with van der Waals surface area (Å²) in [6.07, 6.45) is 13.2. The van der Waals surface area contributed by atoms with Crippen molar-refractivity contribution in [3.05, 3.63) is 17.4 Å². The van der Waals surface area contributed by atoms with Crippen LogP contribution in [0.5, 0.6) is 0 Å². The third-order valence-electron chi connectivity index (χ3n) is 10.4. The van der Waals surface area contributed by atoms with Gasteiger partial charge in [0.1, 0.15) is 0 Å². The quantitative estimate of drug-likeness (QED) is 0.657. The molecule has 0 bridgehead atoms. The number of hydrogen-bond acceptors (Lipinski definition) is 4. The van der Waals surface area contributed by atoms with Gasteiger partial charge in [-0.1, -0.05) is 18.5 Å². The summed E-state index contributed by atoms with van der Waals surface area (Å²) in [7, 11) is 1.85. The predicted octanol–water partition coefficient (Wildman–Crippen LogP) is 5.14. The number of Topliss-reactive ketones (excluding diaryl/α,β-unsaturated/α-hetero) is 1. The molecule has 0 aromatic carbocycles. The number of carbonyl (C=O) groups is 1. The van der Waals surface area contributed by atoms with E-state index in [1.165, 1.54) is 25.7 Å². The van der Waals surface area contributed by atoms with Crippen LogP contribution in [0.15, 0.2) is 12.4 Å². The predicted molar refractivity (Wildman–Crippen MR) is 124 cm³/mol. The molecule has 0 spiro atoms. The molecule has 0 aliphatic heterocycles. The number of hydrogen-bond donors (Lipinski definition) is 1. The first-order valence-electron chi connectivity index (χ1n) is 12.6. The van der Waals surface area contributed by atoms with Crippen LogP contribution in [0.25, 0.3) is 0 Å². The van der Waals surface area contributed by atoms with Gasteiger partial charge < -0.3 is 9.84 Å². The highest BCUT2D eigenvalue weighted by Crippen LogP contribution is 2.68. The molecule has 1 heterocycles. The highest BCUT2D eigenvalue weighted by molar-refractivity contribution is 6.30. The number of aliphatic hydroxyl groups is 1. The lowest BCUT2D eigenvalue weighted by Crippen LogP contribution is -2.58. The molecule has 4 aliphatic rings. The van der Waals surface area contributed by atoms with Gasteiger partial charge in [-0.05, 0) is 99.2 Å². The zero-order valence-corrected chi connectivity index (χ0v) is 20.6. The van der Waals surface area contributed by atoms with Crippen molar-refractivity contribution in [1.82, 2.24) is 9.78 Å². The van der Waals surface area contributed by atoms with Crippen LogP contribution >= 0.6 is 11.6 Å². The van der Waals surface area contributed by atoms with Gasteiger partial charge in [0, 0.05) is 19.2 Å². The van der Waals surface area contributed by atoms with Crippen LogP contribution in [0.1, 0.15) is 71.6 Å². The Labute approximate surface area is 197 Å². The first-order chi connectivity index (χ1) is 15.2. The third kappa shape index (κ3) is 3.58. The van der Waals surface area contributed by atoms with Crippen molar-refractivity contribution in [1.29, 1.82) is 0 Å². The monoisotopic (exact) mass is 462 g/mol. The van der Waals surface area contributed by atoms with Crippen molar-refractivity contribution in [3.63, 3.8) is 0 Å². The summed E-state index contributed by atoms with van der Waals surface area (Å²) in [6, 6.07) is 0. The Hall–Kier alpha value is -0.910. The van der Waals surface area contributed by atoms with Crippen molar-refractivity contribution in [3.8, 4) is 0 Å². The number of ether oxygens (including phenoxy) is 1. The number of fused-ring (bicyclic) bond motifs is 5. The zero-order chi connectivity index (χ0) is 22.7. The Morgan fingerprint density at radius 1 is 1.19 bits per heavy atom. The van der Waals surface area contributed by atoms with Crippen molar-refractivity contribution >= 4 is 17.4 Å². The second-order valence-electron chi connectivity index (χ2n) is 12.0. The minimum absolute atomic E-state index is 0.0937. The number of methoxy groups -OCH3 is 1. The van der Waals surface area contributed by atoms with Gasteiger partial charge in [-0.25, -0.2) is 0 Å². The van der Waals surface area contributed by atoms with E-state index in [9.17, 15) is 9.90 Å². The maximum atomic E-state index is 13.4. The van der Waals surface area contributed by atoms with Crippen LogP contribution in [-0.2, 0) is 16.1 Å². The summed E-state index contributed by atoms with van der Waals surface area (Å²) in [5.41, 5.74) is -0.232. The lowest BCUT2D eigenvalue weighted by Gasteiger charge is -2.62. The standard InChI is InChI=1S/C26H39ClN2O3/c1-24(31)10-11-26(16-32-3)17(12-24)4-5-19-20-6-7-22(25(20,2)9-8-21(19)26)23(30)15-29-14-18(27)13-28-29/h13-14,17,19-22,31H,4-12,15-16H2,1-3H3. The number of nitrogens with zero attached hydrogens (tertiary/aromatic N) is 2. The molecular weight excluding hydrogens is 424 g/mol. The highest BCUT2D eigenvalue weighted by Gasteiger charge is 2.63. The zero-order valence-electron chi connectivity index (χ0n) is 19.9. The van der Waals surface area contributed by atoms with Crippen molar-refractivity contribution < 1.29 is 14.6 Å². The minimum Gasteiger partial charge on any atom is -0.390 e. The third-order valence-corrected chi connectivity index (χ3v) is 10.6. The van der Waals surface area contributed by atoms with Crippen LogP contribution in [0.3, 0.4) is 0 Å². The van der Waals surface area contributed by atoms with Gasteiger partial charge in [-0.2, -0.15) is 5.10 Å². The van der Waals surface area contributed by atoms with Crippen molar-refractivity contribution in [2.24, 2.45) is 40.4 Å². The van der Waals surface area contributed by atoms with Gasteiger partial charge in [0.05, 0.1) is 30.0 Å². The lowest BCUT2D eigenvalue weighted by atomic mass is 9.43. The van der Waals surface area contributed by atoms with Gasteiger partial charge >= 0.3 is 0 Å². The maximum absolute atomic E-state index is 13.4. The van der Waals surface area contributed by atoms with Gasteiger partial charge in [0.15, 0.2) is 5.78 Å². The Kier molecular flexibility index (Phi) is 5.78. The number of aromatic nitrogens is 2. The second-order valence-corrected chi connectivity index (χ2v) is 12.5. The Balaban J connectivity index is 1.37. The number of ketones is 1. The summed E-state index contributed by atoms with van der Waals surface area (Å²) >= 11 is 6.01. The van der Waals surface area contributed by atoms with E-state index < -0.39 is 5.60 Å². The van der Waals surface area contributed by atoms with E-state index in [1.54, 1.807) is 17.1 Å². The maximum Gasteiger partial charge on any atom is 0.157 e. The van der Waals surface area contributed by atoms with E-state index in [2.05, 4.69) is 12.0 Å². The normalized spacial score (nSPS) is 45.7. The second kappa shape index (κ2) is 8.09.